The Morgan fingerprint density at radius 2 is 2.24 bits per heavy atom. The summed E-state index contributed by atoms with van der Waals surface area (Å²) in [6.07, 6.45) is 5.21. The minimum absolute atomic E-state index is 0.811. The normalized spacial score (nSPS) is 17.3. The molecule has 92 valence electrons. The highest BCUT2D eigenvalue weighted by Gasteiger charge is 2.14. The number of pyridine rings is 1. The van der Waals surface area contributed by atoms with Gasteiger partial charge in [-0.1, -0.05) is 13.0 Å². The number of ether oxygens (including phenoxy) is 1. The summed E-state index contributed by atoms with van der Waals surface area (Å²) in [5.41, 5.74) is 2.45. The smallest absolute Gasteiger partial charge is 0.106 e. The topological polar surface area (TPSA) is 25.4 Å². The van der Waals surface area contributed by atoms with Crippen LogP contribution in [-0.2, 0) is 4.74 Å². The van der Waals surface area contributed by atoms with Crippen molar-refractivity contribution in [3.63, 3.8) is 0 Å². The molecule has 2 heterocycles. The molecule has 0 N–H and O–H groups in total. The number of aromatic nitrogens is 1. The van der Waals surface area contributed by atoms with E-state index in [1.165, 1.54) is 11.3 Å². The van der Waals surface area contributed by atoms with E-state index in [0.717, 1.165) is 37.3 Å². The predicted molar refractivity (Wildman–Crippen MR) is 72.6 cm³/mol. The van der Waals surface area contributed by atoms with Gasteiger partial charge in [0.2, 0.25) is 0 Å². The first kappa shape index (κ1) is 12.6. The van der Waals surface area contributed by atoms with E-state index in [4.69, 9.17) is 4.74 Å². The predicted octanol–water partition coefficient (Wildman–Crippen LogP) is 2.93. The molecule has 1 aliphatic rings. The molecular formula is C13H17BrN2O. The molecule has 0 radical (unpaired) electrons. The van der Waals surface area contributed by atoms with Crippen LogP contribution in [0.4, 0.5) is 0 Å². The lowest BCUT2D eigenvalue weighted by atomic mass is 10.1. The van der Waals surface area contributed by atoms with Crippen LogP contribution in [0.1, 0.15) is 18.9 Å². The molecule has 4 heteroatoms. The average molecular weight is 297 g/mol. The Hall–Kier alpha value is -0.870. The lowest BCUT2D eigenvalue weighted by Gasteiger charge is -2.31. The van der Waals surface area contributed by atoms with Crippen LogP contribution in [0.2, 0.25) is 0 Å². The van der Waals surface area contributed by atoms with Gasteiger partial charge in [-0.15, -0.1) is 0 Å². The fourth-order valence-electron chi connectivity index (χ4n) is 1.95. The van der Waals surface area contributed by atoms with E-state index in [9.17, 15) is 0 Å². The fourth-order valence-corrected chi connectivity index (χ4v) is 2.19. The lowest BCUT2D eigenvalue weighted by molar-refractivity contribution is 0.0639. The Morgan fingerprint density at radius 1 is 1.47 bits per heavy atom. The first-order valence-corrected chi connectivity index (χ1v) is 6.75. The molecular weight excluding hydrogens is 280 g/mol. The van der Waals surface area contributed by atoms with Crippen molar-refractivity contribution in [3.8, 4) is 0 Å². The Balaban J connectivity index is 2.22. The van der Waals surface area contributed by atoms with Crippen molar-refractivity contribution >= 4 is 21.6 Å². The number of morpholine rings is 1. The van der Waals surface area contributed by atoms with E-state index in [2.05, 4.69) is 44.9 Å². The molecule has 0 aromatic carbocycles. The molecule has 0 amide bonds. The highest BCUT2D eigenvalue weighted by atomic mass is 79.9. The third-order valence-corrected chi connectivity index (χ3v) is 3.24. The average Bonchev–Trinajstić information content (AvgIpc) is 2.38. The highest BCUT2D eigenvalue weighted by Crippen LogP contribution is 2.21. The largest absolute Gasteiger partial charge is 0.378 e. The molecule has 0 unspecified atom stereocenters. The van der Waals surface area contributed by atoms with Gasteiger partial charge in [-0.05, 0) is 34.5 Å². The quantitative estimate of drug-likeness (QED) is 0.802. The molecule has 2 rings (SSSR count). The van der Waals surface area contributed by atoms with Gasteiger partial charge >= 0.3 is 0 Å². The molecule has 1 aromatic rings. The van der Waals surface area contributed by atoms with Crippen LogP contribution in [0.25, 0.3) is 5.70 Å². The Bertz CT molecular complexity index is 383. The molecule has 0 aliphatic carbocycles. The van der Waals surface area contributed by atoms with Gasteiger partial charge < -0.3 is 9.64 Å². The summed E-state index contributed by atoms with van der Waals surface area (Å²) in [5.74, 6) is 0. The molecule has 17 heavy (non-hydrogen) atoms. The fraction of sp³-hybridized carbons (Fsp3) is 0.462. The van der Waals surface area contributed by atoms with Crippen molar-refractivity contribution in [2.75, 3.05) is 26.3 Å². The maximum Gasteiger partial charge on any atom is 0.106 e. The van der Waals surface area contributed by atoms with Gasteiger partial charge in [-0.3, -0.25) is 0 Å². The summed E-state index contributed by atoms with van der Waals surface area (Å²) in [6, 6.07) is 4.09. The molecule has 1 aromatic heterocycles. The molecule has 0 atom stereocenters. The summed E-state index contributed by atoms with van der Waals surface area (Å²) < 4.78 is 6.27. The number of rotatable bonds is 3. The zero-order valence-electron chi connectivity index (χ0n) is 10.0. The summed E-state index contributed by atoms with van der Waals surface area (Å²) in [7, 11) is 0. The summed E-state index contributed by atoms with van der Waals surface area (Å²) >= 11 is 3.37. The monoisotopic (exact) mass is 296 g/mol. The van der Waals surface area contributed by atoms with Crippen molar-refractivity contribution < 1.29 is 4.74 Å². The number of halogens is 1. The third-order valence-electron chi connectivity index (χ3n) is 2.77. The van der Waals surface area contributed by atoms with E-state index < -0.39 is 0 Å². The van der Waals surface area contributed by atoms with Crippen LogP contribution < -0.4 is 0 Å². The van der Waals surface area contributed by atoms with Crippen LogP contribution >= 0.6 is 15.9 Å². The van der Waals surface area contributed by atoms with Crippen molar-refractivity contribution in [1.29, 1.82) is 0 Å². The second kappa shape index (κ2) is 6.17. The van der Waals surface area contributed by atoms with Gasteiger partial charge in [-0.25, -0.2) is 4.98 Å². The highest BCUT2D eigenvalue weighted by molar-refractivity contribution is 9.10. The van der Waals surface area contributed by atoms with E-state index in [0.29, 0.717) is 0 Å². The molecule has 1 saturated heterocycles. The van der Waals surface area contributed by atoms with Crippen LogP contribution in [0, 0.1) is 0 Å². The van der Waals surface area contributed by atoms with Gasteiger partial charge in [0.25, 0.3) is 0 Å². The number of allylic oxidation sites excluding steroid dienone is 1. The maximum absolute atomic E-state index is 5.39. The van der Waals surface area contributed by atoms with Gasteiger partial charge in [-0.2, -0.15) is 0 Å². The molecule has 1 fully saturated rings. The van der Waals surface area contributed by atoms with Gasteiger partial charge in [0.1, 0.15) is 4.60 Å². The van der Waals surface area contributed by atoms with Crippen molar-refractivity contribution in [3.05, 3.63) is 34.6 Å². The van der Waals surface area contributed by atoms with E-state index in [-0.39, 0.29) is 0 Å². The molecule has 3 nitrogen and oxygen atoms in total. The van der Waals surface area contributed by atoms with Gasteiger partial charge in [0, 0.05) is 30.5 Å². The standard InChI is InChI=1S/C13H17BrN2O/c1-2-3-12(16-6-8-17-9-7-16)11-4-5-13(14)15-10-11/h3-5,10H,2,6-9H2,1H3/b12-3+. The molecule has 1 aliphatic heterocycles. The minimum atomic E-state index is 0.811. The molecule has 0 spiro atoms. The van der Waals surface area contributed by atoms with Crippen LogP contribution in [-0.4, -0.2) is 36.2 Å². The van der Waals surface area contributed by atoms with Crippen molar-refractivity contribution in [1.82, 2.24) is 9.88 Å². The lowest BCUT2D eigenvalue weighted by Crippen LogP contribution is -2.35. The number of nitrogens with zero attached hydrogens (tertiary/aromatic N) is 2. The summed E-state index contributed by atoms with van der Waals surface area (Å²) in [6.45, 7) is 5.70. The Morgan fingerprint density at radius 3 is 2.82 bits per heavy atom. The molecule has 0 saturated carbocycles. The zero-order valence-corrected chi connectivity index (χ0v) is 11.6. The van der Waals surface area contributed by atoms with E-state index >= 15 is 0 Å². The van der Waals surface area contributed by atoms with Gasteiger partial charge in [0.05, 0.1) is 13.2 Å². The second-order valence-corrected chi connectivity index (χ2v) is 4.78. The maximum atomic E-state index is 5.39. The second-order valence-electron chi connectivity index (χ2n) is 3.97. The van der Waals surface area contributed by atoms with Crippen molar-refractivity contribution in [2.24, 2.45) is 0 Å². The van der Waals surface area contributed by atoms with Crippen LogP contribution in [0.5, 0.6) is 0 Å². The Labute approximate surface area is 111 Å². The minimum Gasteiger partial charge on any atom is -0.378 e. The Kier molecular flexibility index (Phi) is 4.57. The molecule has 0 bridgehead atoms. The number of hydrogen-bond donors (Lipinski definition) is 0. The van der Waals surface area contributed by atoms with E-state index in [1.807, 2.05) is 12.3 Å². The summed E-state index contributed by atoms with van der Waals surface area (Å²) in [4.78, 5) is 6.67. The van der Waals surface area contributed by atoms with Crippen molar-refractivity contribution in [2.45, 2.75) is 13.3 Å². The third kappa shape index (κ3) is 3.30. The summed E-state index contributed by atoms with van der Waals surface area (Å²) in [5, 5.41) is 0. The SMILES string of the molecule is CC/C=C(\c1ccc(Br)nc1)N1CCOCC1. The first-order valence-electron chi connectivity index (χ1n) is 5.96. The van der Waals surface area contributed by atoms with E-state index in [1.54, 1.807) is 0 Å². The first-order chi connectivity index (χ1) is 8.31. The zero-order chi connectivity index (χ0) is 12.1. The van der Waals surface area contributed by atoms with Gasteiger partial charge in [0.15, 0.2) is 0 Å². The van der Waals surface area contributed by atoms with Crippen LogP contribution in [0.3, 0.4) is 0 Å². The van der Waals surface area contributed by atoms with Crippen LogP contribution in [0.15, 0.2) is 29.0 Å². The number of hydrogen-bond acceptors (Lipinski definition) is 3.